The average molecular weight is 276 g/mol. The molecule has 2 atom stereocenters. The smallest absolute Gasteiger partial charge is 0.211 e. The molecule has 0 amide bonds. The van der Waals surface area contributed by atoms with Crippen LogP contribution in [0.1, 0.15) is 26.2 Å². The largest absolute Gasteiger partial charge is 0.381 e. The van der Waals surface area contributed by atoms with Gasteiger partial charge in [0.05, 0.1) is 12.9 Å². The van der Waals surface area contributed by atoms with Gasteiger partial charge >= 0.3 is 0 Å². The van der Waals surface area contributed by atoms with Gasteiger partial charge in [0.2, 0.25) is 10.0 Å². The standard InChI is InChI=1S/C12H24N2O3S/c1-10-9-17-8-5-12(10)13-11-3-6-14(7-4-11)18(2,15)16/h10-13H,3-9H2,1-2H3. The number of piperidine rings is 1. The molecule has 2 rings (SSSR count). The lowest BCUT2D eigenvalue weighted by Crippen LogP contribution is -2.51. The van der Waals surface area contributed by atoms with E-state index in [1.54, 1.807) is 4.31 Å². The van der Waals surface area contributed by atoms with Crippen LogP contribution in [-0.2, 0) is 14.8 Å². The van der Waals surface area contributed by atoms with E-state index in [2.05, 4.69) is 12.2 Å². The third kappa shape index (κ3) is 3.66. The van der Waals surface area contributed by atoms with Crippen molar-refractivity contribution in [1.82, 2.24) is 9.62 Å². The van der Waals surface area contributed by atoms with E-state index in [1.165, 1.54) is 6.26 Å². The molecule has 0 aromatic rings. The molecule has 0 spiro atoms. The summed E-state index contributed by atoms with van der Waals surface area (Å²) in [6, 6.07) is 0.974. The van der Waals surface area contributed by atoms with Gasteiger partial charge in [-0.1, -0.05) is 6.92 Å². The fourth-order valence-corrected chi connectivity index (χ4v) is 3.66. The predicted octanol–water partition coefficient (Wildman–Crippen LogP) is 0.425. The molecule has 0 aromatic carbocycles. The van der Waals surface area contributed by atoms with Crippen LogP contribution in [0.25, 0.3) is 0 Å². The fourth-order valence-electron chi connectivity index (χ4n) is 2.78. The van der Waals surface area contributed by atoms with Gasteiger partial charge in [-0.15, -0.1) is 0 Å². The van der Waals surface area contributed by atoms with Gasteiger partial charge in [0.15, 0.2) is 0 Å². The van der Waals surface area contributed by atoms with E-state index in [-0.39, 0.29) is 0 Å². The zero-order chi connectivity index (χ0) is 13.2. The van der Waals surface area contributed by atoms with Crippen molar-refractivity contribution >= 4 is 10.0 Å². The monoisotopic (exact) mass is 276 g/mol. The highest BCUT2D eigenvalue weighted by Gasteiger charge is 2.28. The van der Waals surface area contributed by atoms with E-state index in [4.69, 9.17) is 4.74 Å². The number of nitrogens with one attached hydrogen (secondary N) is 1. The first-order chi connectivity index (χ1) is 8.47. The number of nitrogens with zero attached hydrogens (tertiary/aromatic N) is 1. The summed E-state index contributed by atoms with van der Waals surface area (Å²) in [5, 5.41) is 3.68. The normalized spacial score (nSPS) is 32.6. The Kier molecular flexibility index (Phi) is 4.64. The van der Waals surface area contributed by atoms with E-state index in [0.29, 0.717) is 31.1 Å². The third-order valence-electron chi connectivity index (χ3n) is 4.01. The molecule has 0 aromatic heterocycles. The molecule has 6 heteroatoms. The SMILES string of the molecule is CC1COCCC1NC1CCN(S(C)(=O)=O)CC1. The maximum atomic E-state index is 11.4. The van der Waals surface area contributed by atoms with Gasteiger partial charge < -0.3 is 10.1 Å². The molecule has 2 aliphatic heterocycles. The molecule has 18 heavy (non-hydrogen) atoms. The van der Waals surface area contributed by atoms with Crippen molar-refractivity contribution in [3.05, 3.63) is 0 Å². The van der Waals surface area contributed by atoms with Crippen molar-refractivity contribution in [3.8, 4) is 0 Å². The summed E-state index contributed by atoms with van der Waals surface area (Å²) in [7, 11) is -3.01. The summed E-state index contributed by atoms with van der Waals surface area (Å²) >= 11 is 0. The lowest BCUT2D eigenvalue weighted by Gasteiger charge is -2.37. The van der Waals surface area contributed by atoms with Crippen molar-refractivity contribution in [2.75, 3.05) is 32.6 Å². The maximum absolute atomic E-state index is 11.4. The second-order valence-corrected chi connectivity index (χ2v) is 7.53. The first kappa shape index (κ1) is 14.2. The molecule has 0 radical (unpaired) electrons. The summed E-state index contributed by atoms with van der Waals surface area (Å²) < 4.78 is 29.9. The molecule has 106 valence electrons. The Bertz CT molecular complexity index is 364. The van der Waals surface area contributed by atoms with Crippen LogP contribution in [0.4, 0.5) is 0 Å². The van der Waals surface area contributed by atoms with Crippen LogP contribution in [0.2, 0.25) is 0 Å². The molecule has 2 heterocycles. The number of hydrogen-bond acceptors (Lipinski definition) is 4. The molecule has 2 unspecified atom stereocenters. The van der Waals surface area contributed by atoms with Crippen LogP contribution in [0.15, 0.2) is 0 Å². The minimum absolute atomic E-state index is 0.452. The van der Waals surface area contributed by atoms with Crippen molar-refractivity contribution in [2.45, 2.75) is 38.3 Å². The first-order valence-electron chi connectivity index (χ1n) is 6.75. The van der Waals surface area contributed by atoms with Crippen molar-refractivity contribution in [1.29, 1.82) is 0 Å². The molecule has 5 nitrogen and oxygen atoms in total. The van der Waals surface area contributed by atoms with Gasteiger partial charge in [-0.2, -0.15) is 0 Å². The number of rotatable bonds is 3. The van der Waals surface area contributed by atoms with Crippen molar-refractivity contribution in [3.63, 3.8) is 0 Å². The quantitative estimate of drug-likeness (QED) is 0.812. The third-order valence-corrected chi connectivity index (χ3v) is 5.32. The van der Waals surface area contributed by atoms with E-state index in [0.717, 1.165) is 32.5 Å². The summed E-state index contributed by atoms with van der Waals surface area (Å²) in [4.78, 5) is 0. The highest BCUT2D eigenvalue weighted by Crippen LogP contribution is 2.19. The van der Waals surface area contributed by atoms with Crippen LogP contribution in [0.5, 0.6) is 0 Å². The summed E-state index contributed by atoms with van der Waals surface area (Å²) in [6.45, 7) is 5.18. The van der Waals surface area contributed by atoms with Gasteiger partial charge in [0, 0.05) is 31.8 Å². The lowest BCUT2D eigenvalue weighted by atomic mass is 9.95. The number of ether oxygens (including phenoxy) is 1. The summed E-state index contributed by atoms with van der Waals surface area (Å²) in [5.74, 6) is 0.548. The van der Waals surface area contributed by atoms with Gasteiger partial charge in [-0.05, 0) is 25.2 Å². The van der Waals surface area contributed by atoms with Crippen LogP contribution < -0.4 is 5.32 Å². The molecule has 2 saturated heterocycles. The van der Waals surface area contributed by atoms with Gasteiger partial charge in [-0.3, -0.25) is 0 Å². The van der Waals surface area contributed by atoms with Gasteiger partial charge in [0.1, 0.15) is 0 Å². The molecule has 0 aliphatic carbocycles. The second-order valence-electron chi connectivity index (χ2n) is 5.55. The molecular weight excluding hydrogens is 252 g/mol. The number of sulfonamides is 1. The summed E-state index contributed by atoms with van der Waals surface area (Å²) in [5.41, 5.74) is 0. The van der Waals surface area contributed by atoms with E-state index >= 15 is 0 Å². The Hall–Kier alpha value is -0.170. The van der Waals surface area contributed by atoms with E-state index in [9.17, 15) is 8.42 Å². The van der Waals surface area contributed by atoms with Gasteiger partial charge in [-0.25, -0.2) is 12.7 Å². The average Bonchev–Trinajstić information content (AvgIpc) is 2.32. The Morgan fingerprint density at radius 2 is 1.89 bits per heavy atom. The molecule has 2 fully saturated rings. The summed E-state index contributed by atoms with van der Waals surface area (Å²) in [6.07, 6.45) is 4.18. The molecule has 1 N–H and O–H groups in total. The highest BCUT2D eigenvalue weighted by atomic mass is 32.2. The molecule has 0 bridgehead atoms. The van der Waals surface area contributed by atoms with E-state index < -0.39 is 10.0 Å². The van der Waals surface area contributed by atoms with Crippen LogP contribution in [-0.4, -0.2) is 57.4 Å². The van der Waals surface area contributed by atoms with Gasteiger partial charge in [0.25, 0.3) is 0 Å². The van der Waals surface area contributed by atoms with Crippen molar-refractivity contribution < 1.29 is 13.2 Å². The molecule has 0 saturated carbocycles. The van der Waals surface area contributed by atoms with Crippen LogP contribution >= 0.6 is 0 Å². The molecule has 2 aliphatic rings. The Labute approximate surface area is 110 Å². The predicted molar refractivity (Wildman–Crippen MR) is 71.0 cm³/mol. The first-order valence-corrected chi connectivity index (χ1v) is 8.60. The Morgan fingerprint density at radius 1 is 1.22 bits per heavy atom. The molecular formula is C12H24N2O3S. The minimum atomic E-state index is -3.01. The maximum Gasteiger partial charge on any atom is 0.211 e. The zero-order valence-corrected chi connectivity index (χ0v) is 12.1. The van der Waals surface area contributed by atoms with Crippen LogP contribution in [0, 0.1) is 5.92 Å². The fraction of sp³-hybridized carbons (Fsp3) is 1.00. The highest BCUT2D eigenvalue weighted by molar-refractivity contribution is 7.88. The minimum Gasteiger partial charge on any atom is -0.381 e. The zero-order valence-electron chi connectivity index (χ0n) is 11.3. The Morgan fingerprint density at radius 3 is 2.44 bits per heavy atom. The number of hydrogen-bond donors (Lipinski definition) is 1. The topological polar surface area (TPSA) is 58.6 Å². The second kappa shape index (κ2) is 5.86. The Balaban J connectivity index is 1.79. The van der Waals surface area contributed by atoms with Crippen LogP contribution in [0.3, 0.4) is 0 Å². The lowest BCUT2D eigenvalue weighted by molar-refractivity contribution is 0.0338. The van der Waals surface area contributed by atoms with E-state index in [1.807, 2.05) is 0 Å². The van der Waals surface area contributed by atoms with Crippen molar-refractivity contribution in [2.24, 2.45) is 5.92 Å².